The third kappa shape index (κ3) is 38.1. The first-order chi connectivity index (χ1) is 33.3. The summed E-state index contributed by atoms with van der Waals surface area (Å²) in [6, 6.07) is -0.812. The van der Waals surface area contributed by atoms with Gasteiger partial charge in [0.2, 0.25) is 5.91 Å². The minimum atomic E-state index is -1.57. The standard InChI is InChI=1S/C59H111NO8/c1-3-5-7-9-11-13-15-17-19-21-22-23-24-25-26-27-28-29-30-31-32-33-34-36-38-40-42-44-46-48-53(62)52(51-67-59-58(66)57(65)56(64)54(50-61)68-59)60-55(63)49-47-45-43-41-39-37-35-20-18-16-14-12-10-8-6-4-2/h14,16,20,35,46,48,52-54,56-59,61-62,64-66H,3-13,15,17-19,21-34,36-45,47,49-51H2,1-2H3,(H,60,63)/b16-14-,35-20-,48-46+. The van der Waals surface area contributed by atoms with Crippen LogP contribution in [0.5, 0.6) is 0 Å². The molecule has 7 atom stereocenters. The molecule has 1 fully saturated rings. The summed E-state index contributed by atoms with van der Waals surface area (Å²) in [7, 11) is 0. The van der Waals surface area contributed by atoms with E-state index >= 15 is 0 Å². The number of amides is 1. The van der Waals surface area contributed by atoms with Gasteiger partial charge in [-0.05, 0) is 51.4 Å². The maximum Gasteiger partial charge on any atom is 0.220 e. The van der Waals surface area contributed by atoms with Crippen LogP contribution in [0.15, 0.2) is 36.5 Å². The van der Waals surface area contributed by atoms with E-state index in [4.69, 9.17) is 9.47 Å². The molecule has 0 saturated carbocycles. The van der Waals surface area contributed by atoms with Crippen LogP contribution in [0.4, 0.5) is 0 Å². The van der Waals surface area contributed by atoms with Crippen molar-refractivity contribution in [3.8, 4) is 0 Å². The van der Waals surface area contributed by atoms with Crippen LogP contribution in [0.3, 0.4) is 0 Å². The fourth-order valence-corrected chi connectivity index (χ4v) is 9.31. The van der Waals surface area contributed by atoms with Gasteiger partial charge in [0, 0.05) is 6.42 Å². The Kier molecular flexibility index (Phi) is 46.4. The molecule has 0 aromatic carbocycles. The summed E-state index contributed by atoms with van der Waals surface area (Å²) in [5.41, 5.74) is 0. The van der Waals surface area contributed by atoms with E-state index in [1.165, 1.54) is 193 Å². The third-order valence-electron chi connectivity index (χ3n) is 14.0. The first-order valence-electron chi connectivity index (χ1n) is 29.2. The van der Waals surface area contributed by atoms with Gasteiger partial charge < -0.3 is 40.3 Å². The molecule has 1 aliphatic rings. The molecule has 1 aliphatic heterocycles. The maximum atomic E-state index is 13.0. The highest BCUT2D eigenvalue weighted by molar-refractivity contribution is 5.76. The second kappa shape index (κ2) is 49.0. The zero-order valence-corrected chi connectivity index (χ0v) is 44.4. The van der Waals surface area contributed by atoms with Gasteiger partial charge >= 0.3 is 0 Å². The van der Waals surface area contributed by atoms with E-state index < -0.39 is 49.5 Å². The van der Waals surface area contributed by atoms with Crippen molar-refractivity contribution >= 4 is 5.91 Å². The Bertz CT molecular complexity index is 1160. The molecule has 0 aromatic rings. The summed E-state index contributed by atoms with van der Waals surface area (Å²) < 4.78 is 11.3. The topological polar surface area (TPSA) is 149 Å². The monoisotopic (exact) mass is 962 g/mol. The van der Waals surface area contributed by atoms with Crippen molar-refractivity contribution in [2.75, 3.05) is 13.2 Å². The van der Waals surface area contributed by atoms with Gasteiger partial charge in [0.1, 0.15) is 24.4 Å². The van der Waals surface area contributed by atoms with Crippen molar-refractivity contribution in [1.29, 1.82) is 0 Å². The number of nitrogens with one attached hydrogen (secondary N) is 1. The lowest BCUT2D eigenvalue weighted by molar-refractivity contribution is -0.302. The van der Waals surface area contributed by atoms with Gasteiger partial charge in [-0.1, -0.05) is 256 Å². The molecule has 0 spiro atoms. The van der Waals surface area contributed by atoms with Crippen LogP contribution in [0.25, 0.3) is 0 Å². The Morgan fingerprint density at radius 2 is 0.868 bits per heavy atom. The summed E-state index contributed by atoms with van der Waals surface area (Å²) in [5.74, 6) is -0.188. The number of allylic oxidation sites excluding steroid dienone is 5. The van der Waals surface area contributed by atoms with Crippen molar-refractivity contribution in [3.63, 3.8) is 0 Å². The number of hydrogen-bond donors (Lipinski definition) is 6. The second-order valence-electron chi connectivity index (χ2n) is 20.4. The minimum absolute atomic E-state index is 0.188. The number of carbonyl (C=O) groups excluding carboxylic acids is 1. The molecule has 1 saturated heterocycles. The molecule has 68 heavy (non-hydrogen) atoms. The van der Waals surface area contributed by atoms with Gasteiger partial charge in [0.25, 0.3) is 0 Å². The Morgan fingerprint density at radius 3 is 1.28 bits per heavy atom. The molecule has 0 aromatic heterocycles. The Morgan fingerprint density at radius 1 is 0.500 bits per heavy atom. The van der Waals surface area contributed by atoms with E-state index in [2.05, 4.69) is 43.5 Å². The number of unbranched alkanes of at least 4 members (excludes halogenated alkanes) is 36. The molecule has 6 N–H and O–H groups in total. The average Bonchev–Trinajstić information content (AvgIpc) is 3.34. The number of ether oxygens (including phenoxy) is 2. The molecule has 0 bridgehead atoms. The van der Waals surface area contributed by atoms with Crippen LogP contribution in [0.2, 0.25) is 0 Å². The van der Waals surface area contributed by atoms with Crippen molar-refractivity contribution in [2.45, 2.75) is 320 Å². The Balaban J connectivity index is 2.19. The summed E-state index contributed by atoms with van der Waals surface area (Å²) in [6.45, 7) is 3.78. The van der Waals surface area contributed by atoms with E-state index in [1.807, 2.05) is 6.08 Å². The van der Waals surface area contributed by atoms with Crippen LogP contribution in [0.1, 0.15) is 277 Å². The normalized spacial score (nSPS) is 19.8. The van der Waals surface area contributed by atoms with Crippen LogP contribution in [-0.4, -0.2) is 87.5 Å². The van der Waals surface area contributed by atoms with E-state index in [0.717, 1.165) is 64.2 Å². The van der Waals surface area contributed by atoms with Gasteiger partial charge in [-0.15, -0.1) is 0 Å². The lowest BCUT2D eigenvalue weighted by Gasteiger charge is -2.40. The molecule has 1 heterocycles. The summed E-state index contributed by atoms with van der Waals surface area (Å²) >= 11 is 0. The zero-order valence-electron chi connectivity index (χ0n) is 44.4. The first kappa shape index (κ1) is 64.4. The Hall–Kier alpha value is -1.59. The average molecular weight is 963 g/mol. The zero-order chi connectivity index (χ0) is 49.4. The molecule has 9 heteroatoms. The fourth-order valence-electron chi connectivity index (χ4n) is 9.31. The number of aliphatic hydroxyl groups excluding tert-OH is 5. The highest BCUT2D eigenvalue weighted by atomic mass is 16.7. The number of aliphatic hydroxyl groups is 5. The van der Waals surface area contributed by atoms with E-state index in [-0.39, 0.29) is 12.5 Å². The third-order valence-corrected chi connectivity index (χ3v) is 14.0. The van der Waals surface area contributed by atoms with Crippen molar-refractivity contribution in [1.82, 2.24) is 5.32 Å². The molecule has 400 valence electrons. The van der Waals surface area contributed by atoms with Crippen LogP contribution < -0.4 is 5.32 Å². The van der Waals surface area contributed by atoms with Crippen LogP contribution >= 0.6 is 0 Å². The quantitative estimate of drug-likeness (QED) is 0.0261. The molecular formula is C59H111NO8. The molecular weight excluding hydrogens is 851 g/mol. The predicted octanol–water partition coefficient (Wildman–Crippen LogP) is 14.4. The Labute approximate surface area is 419 Å². The minimum Gasteiger partial charge on any atom is -0.394 e. The lowest BCUT2D eigenvalue weighted by atomic mass is 9.99. The van der Waals surface area contributed by atoms with E-state index in [9.17, 15) is 30.3 Å². The second-order valence-corrected chi connectivity index (χ2v) is 20.4. The SMILES string of the molecule is CCCCCC/C=C\C/C=C\CCCCCCCC(=O)NC(COC1OC(CO)C(O)C(O)C1O)C(O)/C=C/CCCCCCCCCCCCCCCCCCCCCCCCCCCCC. The number of rotatable bonds is 50. The van der Waals surface area contributed by atoms with E-state index in [1.54, 1.807) is 6.08 Å². The van der Waals surface area contributed by atoms with E-state index in [0.29, 0.717) is 6.42 Å². The molecule has 9 nitrogen and oxygen atoms in total. The van der Waals surface area contributed by atoms with Gasteiger partial charge in [-0.3, -0.25) is 4.79 Å². The molecule has 1 amide bonds. The summed E-state index contributed by atoms with van der Waals surface area (Å²) in [5, 5.41) is 54.5. The van der Waals surface area contributed by atoms with Gasteiger partial charge in [-0.25, -0.2) is 0 Å². The first-order valence-corrected chi connectivity index (χ1v) is 29.2. The van der Waals surface area contributed by atoms with Crippen LogP contribution in [-0.2, 0) is 14.3 Å². The molecule has 7 unspecified atom stereocenters. The molecule has 0 radical (unpaired) electrons. The van der Waals surface area contributed by atoms with Crippen LogP contribution in [0, 0.1) is 0 Å². The largest absolute Gasteiger partial charge is 0.394 e. The van der Waals surface area contributed by atoms with Gasteiger partial charge in [-0.2, -0.15) is 0 Å². The van der Waals surface area contributed by atoms with Crippen molar-refractivity contribution < 1.29 is 39.8 Å². The maximum absolute atomic E-state index is 13.0. The van der Waals surface area contributed by atoms with Crippen molar-refractivity contribution in [3.05, 3.63) is 36.5 Å². The molecule has 0 aliphatic carbocycles. The van der Waals surface area contributed by atoms with Gasteiger partial charge in [0.15, 0.2) is 6.29 Å². The number of hydrogen-bond acceptors (Lipinski definition) is 8. The smallest absolute Gasteiger partial charge is 0.220 e. The highest BCUT2D eigenvalue weighted by Crippen LogP contribution is 2.23. The highest BCUT2D eigenvalue weighted by Gasteiger charge is 2.44. The van der Waals surface area contributed by atoms with Crippen molar-refractivity contribution in [2.24, 2.45) is 0 Å². The molecule has 1 rings (SSSR count). The summed E-state index contributed by atoms with van der Waals surface area (Å²) in [6.07, 6.45) is 56.5. The summed E-state index contributed by atoms with van der Waals surface area (Å²) in [4.78, 5) is 13.0. The fraction of sp³-hybridized carbons (Fsp3) is 0.881. The lowest BCUT2D eigenvalue weighted by Crippen LogP contribution is -2.60. The number of carbonyl (C=O) groups is 1. The predicted molar refractivity (Wildman–Crippen MR) is 286 cm³/mol. The van der Waals surface area contributed by atoms with Gasteiger partial charge in [0.05, 0.1) is 25.4 Å².